The maximum Gasteiger partial charge on any atom is 0.0890 e. The Morgan fingerprint density at radius 1 is 0.552 bits per heavy atom. The van der Waals surface area contributed by atoms with E-state index in [1.54, 1.807) is 0 Å². The molecule has 0 saturated carbocycles. The Morgan fingerprint density at radius 3 is 1.24 bits per heavy atom. The van der Waals surface area contributed by atoms with Gasteiger partial charge in [-0.2, -0.15) is 0 Å². The van der Waals surface area contributed by atoms with E-state index in [1.165, 1.54) is 75.4 Å². The summed E-state index contributed by atoms with van der Waals surface area (Å²) in [5.41, 5.74) is 2.73. The number of rotatable bonds is 18. The van der Waals surface area contributed by atoms with Gasteiger partial charge in [-0.25, -0.2) is 0 Å². The van der Waals surface area contributed by atoms with Crippen LogP contribution >= 0.6 is 0 Å². The fraction of sp³-hybridized carbons (Fsp3) is 0.857. The molecule has 1 heteroatoms. The van der Waals surface area contributed by atoms with Crippen LogP contribution in [-0.4, -0.2) is 0 Å². The van der Waals surface area contributed by atoms with E-state index < -0.39 is 0 Å². The molecule has 0 aromatic carbocycles. The van der Waals surface area contributed by atoms with Crippen LogP contribution < -0.4 is 0 Å². The van der Waals surface area contributed by atoms with Gasteiger partial charge in [-0.1, -0.05) is 92.9 Å². The van der Waals surface area contributed by atoms with Crippen molar-refractivity contribution in [2.75, 3.05) is 0 Å². The largest absolute Gasteiger partial charge is 0.473 e. The lowest BCUT2D eigenvalue weighted by Crippen LogP contribution is -1.97. The lowest BCUT2D eigenvalue weighted by molar-refractivity contribution is 0.384. The molecule has 0 radical (unpaired) electrons. The lowest BCUT2D eigenvalue weighted by Gasteiger charge is -2.12. The summed E-state index contributed by atoms with van der Waals surface area (Å²) in [6.07, 6.45) is 19.8. The molecule has 29 heavy (non-hydrogen) atoms. The molecular weight excluding hydrogens is 352 g/mol. The van der Waals surface area contributed by atoms with Crippen molar-refractivity contribution < 1.29 is 4.74 Å². The molecule has 0 rings (SSSR count). The summed E-state index contributed by atoms with van der Waals surface area (Å²) in [5, 5.41) is 0. The van der Waals surface area contributed by atoms with E-state index in [0.717, 1.165) is 36.5 Å². The Labute approximate surface area is 184 Å². The maximum atomic E-state index is 5.73. The van der Waals surface area contributed by atoms with E-state index in [2.05, 4.69) is 55.4 Å². The second-order valence-corrected chi connectivity index (χ2v) is 10.7. The van der Waals surface area contributed by atoms with E-state index in [1.807, 2.05) is 12.5 Å². The van der Waals surface area contributed by atoms with Gasteiger partial charge in [0.2, 0.25) is 0 Å². The van der Waals surface area contributed by atoms with Crippen molar-refractivity contribution in [3.05, 3.63) is 23.7 Å². The monoisotopic (exact) mass is 406 g/mol. The van der Waals surface area contributed by atoms with Crippen LogP contribution in [0.2, 0.25) is 0 Å². The zero-order valence-electron chi connectivity index (χ0n) is 21.4. The normalized spacial score (nSPS) is 15.2. The van der Waals surface area contributed by atoms with Crippen molar-refractivity contribution in [1.29, 1.82) is 0 Å². The summed E-state index contributed by atoms with van der Waals surface area (Å²) in [5.74, 6) is 3.41. The predicted octanol–water partition coefficient (Wildman–Crippen LogP) is 10.1. The van der Waals surface area contributed by atoms with Crippen LogP contribution in [0.5, 0.6) is 0 Å². The molecule has 172 valence electrons. The first kappa shape index (κ1) is 28.3. The second kappa shape index (κ2) is 18.1. The molecule has 2 atom stereocenters. The van der Waals surface area contributed by atoms with E-state index in [-0.39, 0.29) is 0 Å². The van der Waals surface area contributed by atoms with Crippen molar-refractivity contribution in [3.63, 3.8) is 0 Å². The van der Waals surface area contributed by atoms with Gasteiger partial charge in [0.05, 0.1) is 12.5 Å². The Hall–Kier alpha value is -0.720. The molecule has 0 aliphatic carbocycles. The van der Waals surface area contributed by atoms with Gasteiger partial charge >= 0.3 is 0 Å². The standard InChI is InChI=1S/C28H54O/c1-23(2)13-9-15-25(5)17-11-19-27(7)21-29-22-28(8)20-12-18-26(6)16-10-14-24(3)4/h21-26H,9-20H2,1-8H3. The second-order valence-electron chi connectivity index (χ2n) is 10.7. The minimum Gasteiger partial charge on any atom is -0.473 e. The molecule has 0 bridgehead atoms. The van der Waals surface area contributed by atoms with Crippen LogP contribution in [0, 0.1) is 23.7 Å². The van der Waals surface area contributed by atoms with Crippen LogP contribution in [0.1, 0.15) is 132 Å². The molecule has 2 unspecified atom stereocenters. The van der Waals surface area contributed by atoms with Gasteiger partial charge in [-0.15, -0.1) is 0 Å². The van der Waals surface area contributed by atoms with E-state index in [9.17, 15) is 0 Å². The quantitative estimate of drug-likeness (QED) is 0.206. The first-order valence-corrected chi connectivity index (χ1v) is 12.7. The van der Waals surface area contributed by atoms with E-state index >= 15 is 0 Å². The molecule has 0 aromatic heterocycles. The van der Waals surface area contributed by atoms with E-state index in [0.29, 0.717) is 0 Å². The molecule has 0 N–H and O–H groups in total. The third-order valence-electron chi connectivity index (χ3n) is 6.03. The van der Waals surface area contributed by atoms with Crippen molar-refractivity contribution in [3.8, 4) is 0 Å². The molecule has 0 spiro atoms. The summed E-state index contributed by atoms with van der Waals surface area (Å²) in [7, 11) is 0. The predicted molar refractivity (Wildman–Crippen MR) is 132 cm³/mol. The zero-order chi connectivity index (χ0) is 22.1. The number of ether oxygens (including phenoxy) is 1. The molecular formula is C28H54O. The van der Waals surface area contributed by atoms with Gasteiger partial charge in [0, 0.05) is 0 Å². The Kier molecular flexibility index (Phi) is 17.6. The van der Waals surface area contributed by atoms with Crippen LogP contribution in [0.15, 0.2) is 23.7 Å². The first-order chi connectivity index (χ1) is 13.7. The highest BCUT2D eigenvalue weighted by Crippen LogP contribution is 2.20. The summed E-state index contributed by atoms with van der Waals surface area (Å²) in [6.45, 7) is 18.5. The minimum atomic E-state index is 0.846. The summed E-state index contributed by atoms with van der Waals surface area (Å²) < 4.78 is 5.73. The van der Waals surface area contributed by atoms with Gasteiger partial charge in [-0.3, -0.25) is 0 Å². The molecule has 0 aliphatic rings. The Balaban J connectivity index is 3.83. The number of allylic oxidation sites excluding steroid dienone is 2. The zero-order valence-corrected chi connectivity index (χ0v) is 21.4. The molecule has 0 aliphatic heterocycles. The number of hydrogen-bond acceptors (Lipinski definition) is 1. The molecule has 0 amide bonds. The average molecular weight is 407 g/mol. The number of hydrogen-bond donors (Lipinski definition) is 0. The minimum absolute atomic E-state index is 0.846. The Bertz CT molecular complexity index is 390. The smallest absolute Gasteiger partial charge is 0.0890 e. The highest BCUT2D eigenvalue weighted by molar-refractivity contribution is 4.98. The van der Waals surface area contributed by atoms with Gasteiger partial charge in [-0.05, 0) is 74.3 Å². The molecule has 0 saturated heterocycles. The van der Waals surface area contributed by atoms with Crippen LogP contribution in [0.25, 0.3) is 0 Å². The van der Waals surface area contributed by atoms with Crippen LogP contribution in [-0.2, 0) is 4.74 Å². The van der Waals surface area contributed by atoms with Crippen molar-refractivity contribution >= 4 is 0 Å². The maximum absolute atomic E-state index is 5.73. The fourth-order valence-corrected chi connectivity index (χ4v) is 3.88. The van der Waals surface area contributed by atoms with Gasteiger partial charge in [0.15, 0.2) is 0 Å². The molecule has 1 nitrogen and oxygen atoms in total. The SMILES string of the molecule is CC(=COC=C(C)CCCC(C)CCCC(C)C)CCCC(C)CCCC(C)C. The topological polar surface area (TPSA) is 9.23 Å². The summed E-state index contributed by atoms with van der Waals surface area (Å²) >= 11 is 0. The molecule has 0 heterocycles. The summed E-state index contributed by atoms with van der Waals surface area (Å²) in [4.78, 5) is 0. The average Bonchev–Trinajstić information content (AvgIpc) is 2.61. The lowest BCUT2D eigenvalue weighted by atomic mass is 9.95. The van der Waals surface area contributed by atoms with Crippen LogP contribution in [0.3, 0.4) is 0 Å². The van der Waals surface area contributed by atoms with Gasteiger partial charge in [0.25, 0.3) is 0 Å². The van der Waals surface area contributed by atoms with Crippen molar-refractivity contribution in [2.24, 2.45) is 23.7 Å². The fourth-order valence-electron chi connectivity index (χ4n) is 3.88. The van der Waals surface area contributed by atoms with Crippen molar-refractivity contribution in [1.82, 2.24) is 0 Å². The highest BCUT2D eigenvalue weighted by Gasteiger charge is 2.05. The molecule has 0 aromatic rings. The Morgan fingerprint density at radius 2 is 0.897 bits per heavy atom. The van der Waals surface area contributed by atoms with E-state index in [4.69, 9.17) is 4.74 Å². The van der Waals surface area contributed by atoms with Gasteiger partial charge in [0.1, 0.15) is 0 Å². The van der Waals surface area contributed by atoms with Crippen molar-refractivity contribution in [2.45, 2.75) is 132 Å². The third-order valence-corrected chi connectivity index (χ3v) is 6.03. The van der Waals surface area contributed by atoms with Crippen LogP contribution in [0.4, 0.5) is 0 Å². The highest BCUT2D eigenvalue weighted by atomic mass is 16.5. The third kappa shape index (κ3) is 20.3. The first-order valence-electron chi connectivity index (χ1n) is 12.7. The van der Waals surface area contributed by atoms with Gasteiger partial charge < -0.3 is 4.74 Å². The summed E-state index contributed by atoms with van der Waals surface area (Å²) in [6, 6.07) is 0. The molecule has 0 fully saturated rings.